The van der Waals surface area contributed by atoms with E-state index < -0.39 is 0 Å². The van der Waals surface area contributed by atoms with Gasteiger partial charge in [0, 0.05) is 17.4 Å². The Morgan fingerprint density at radius 3 is 2.45 bits per heavy atom. The zero-order valence-electron chi connectivity index (χ0n) is 18.2. The topological polar surface area (TPSA) is 18.5 Å². The highest BCUT2D eigenvalue weighted by atomic mass is 16.7. The maximum absolute atomic E-state index is 6.29. The van der Waals surface area contributed by atoms with Crippen LogP contribution in [0.25, 0.3) is 0 Å². The van der Waals surface area contributed by atoms with Crippen molar-refractivity contribution in [3.05, 3.63) is 47.5 Å². The fourth-order valence-electron chi connectivity index (χ4n) is 7.27. The Morgan fingerprint density at radius 1 is 0.931 bits per heavy atom. The Bertz CT molecular complexity index is 865. The van der Waals surface area contributed by atoms with Gasteiger partial charge in [0.15, 0.2) is 5.79 Å². The normalized spacial score (nSPS) is 37.1. The molecule has 2 saturated carbocycles. The number of benzene rings is 1. The van der Waals surface area contributed by atoms with Crippen molar-refractivity contribution in [1.29, 1.82) is 0 Å². The molecule has 0 N–H and O–H groups in total. The van der Waals surface area contributed by atoms with Crippen LogP contribution in [-0.2, 0) is 9.47 Å². The second-order valence-corrected chi connectivity index (χ2v) is 10.4. The highest BCUT2D eigenvalue weighted by molar-refractivity contribution is 5.43. The molecule has 1 saturated heterocycles. The van der Waals surface area contributed by atoms with Crippen molar-refractivity contribution in [2.45, 2.75) is 71.5 Å². The molecule has 2 heteroatoms. The predicted octanol–water partition coefficient (Wildman–Crippen LogP) is 6.11. The summed E-state index contributed by atoms with van der Waals surface area (Å²) in [5.74, 6) is 7.55. The molecule has 0 aromatic heterocycles. The van der Waals surface area contributed by atoms with Gasteiger partial charge in [-0.1, -0.05) is 56.9 Å². The molecule has 5 rings (SSSR count). The summed E-state index contributed by atoms with van der Waals surface area (Å²) in [5, 5.41) is 0. The fraction of sp³-hybridized carbons (Fsp3) is 0.630. The number of ether oxygens (including phenoxy) is 2. The summed E-state index contributed by atoms with van der Waals surface area (Å²) in [6, 6.07) is 10.5. The lowest BCUT2D eigenvalue weighted by molar-refractivity contribution is -0.284. The quantitative estimate of drug-likeness (QED) is 0.393. The van der Waals surface area contributed by atoms with E-state index in [4.69, 9.17) is 9.47 Å². The van der Waals surface area contributed by atoms with E-state index in [9.17, 15) is 0 Å². The third-order valence-electron chi connectivity index (χ3n) is 8.72. The minimum absolute atomic E-state index is 0.00774. The first-order chi connectivity index (χ1) is 13.9. The number of fused-ring (bicyclic) bond motifs is 3. The lowest BCUT2D eigenvalue weighted by Crippen LogP contribution is -2.61. The first-order valence-electron chi connectivity index (χ1n) is 11.5. The van der Waals surface area contributed by atoms with Crippen LogP contribution in [-0.4, -0.2) is 19.0 Å². The molecular weight excluding hydrogens is 356 g/mol. The maximum atomic E-state index is 6.29. The molecular formula is C27H34O2. The zero-order chi connectivity index (χ0) is 20.2. The first-order valence-corrected chi connectivity index (χ1v) is 11.5. The van der Waals surface area contributed by atoms with Crippen molar-refractivity contribution in [2.75, 3.05) is 13.2 Å². The second-order valence-electron chi connectivity index (χ2n) is 10.4. The Balaban J connectivity index is 1.54. The van der Waals surface area contributed by atoms with Crippen molar-refractivity contribution in [2.24, 2.45) is 22.2 Å². The van der Waals surface area contributed by atoms with E-state index in [-0.39, 0.29) is 22.0 Å². The minimum atomic E-state index is -0.387. The van der Waals surface area contributed by atoms with Crippen molar-refractivity contribution >= 4 is 0 Å². The average molecular weight is 391 g/mol. The average Bonchev–Trinajstić information content (AvgIpc) is 3.22. The molecule has 3 aliphatic carbocycles. The summed E-state index contributed by atoms with van der Waals surface area (Å²) in [4.78, 5) is 0. The van der Waals surface area contributed by atoms with Crippen LogP contribution in [0.4, 0.5) is 0 Å². The highest BCUT2D eigenvalue weighted by Gasteiger charge is 2.65. The van der Waals surface area contributed by atoms with E-state index in [1.807, 2.05) is 0 Å². The Hall–Kier alpha value is -1.56. The Kier molecular flexibility index (Phi) is 4.50. The molecule has 2 nitrogen and oxygen atoms in total. The molecule has 1 aliphatic heterocycles. The molecule has 0 amide bonds. The highest BCUT2D eigenvalue weighted by Crippen LogP contribution is 2.68. The van der Waals surface area contributed by atoms with Crippen LogP contribution in [0, 0.1) is 34.0 Å². The van der Waals surface area contributed by atoms with Crippen LogP contribution in [0.2, 0.25) is 0 Å². The van der Waals surface area contributed by atoms with Crippen LogP contribution in [0.5, 0.6) is 0 Å². The van der Waals surface area contributed by atoms with Gasteiger partial charge in [-0.05, 0) is 67.6 Å². The van der Waals surface area contributed by atoms with Crippen molar-refractivity contribution < 1.29 is 9.47 Å². The van der Waals surface area contributed by atoms with Gasteiger partial charge >= 0.3 is 0 Å². The SMILES string of the molecule is CC1(C)[C@@H]2CC[C@@]3(C#Cc4ccccc4)CCCC=C3[C@@]2(C)CCC12OCCO2. The molecule has 4 aliphatic rings. The van der Waals surface area contributed by atoms with Gasteiger partial charge in [-0.25, -0.2) is 0 Å². The molecule has 3 fully saturated rings. The van der Waals surface area contributed by atoms with Gasteiger partial charge in [0.25, 0.3) is 0 Å². The number of allylic oxidation sites excluding steroid dienone is 2. The van der Waals surface area contributed by atoms with Gasteiger partial charge in [-0.15, -0.1) is 0 Å². The smallest absolute Gasteiger partial charge is 0.173 e. The van der Waals surface area contributed by atoms with Crippen LogP contribution in [0.1, 0.15) is 71.3 Å². The molecule has 1 heterocycles. The summed E-state index contributed by atoms with van der Waals surface area (Å²) in [6.07, 6.45) is 10.7. The first kappa shape index (κ1) is 19.4. The van der Waals surface area contributed by atoms with Gasteiger partial charge in [0.2, 0.25) is 0 Å². The van der Waals surface area contributed by atoms with Gasteiger partial charge in [0.05, 0.1) is 18.6 Å². The summed E-state index contributed by atoms with van der Waals surface area (Å²) in [6.45, 7) is 8.79. The van der Waals surface area contributed by atoms with Crippen molar-refractivity contribution in [3.63, 3.8) is 0 Å². The minimum Gasteiger partial charge on any atom is -0.347 e. The predicted molar refractivity (Wildman–Crippen MR) is 116 cm³/mol. The molecule has 1 aromatic rings. The van der Waals surface area contributed by atoms with E-state index in [2.05, 4.69) is 69.0 Å². The van der Waals surface area contributed by atoms with Gasteiger partial charge < -0.3 is 9.47 Å². The number of hydrogen-bond acceptors (Lipinski definition) is 2. The van der Waals surface area contributed by atoms with Crippen LogP contribution >= 0.6 is 0 Å². The Morgan fingerprint density at radius 2 is 1.69 bits per heavy atom. The lowest BCUT2D eigenvalue weighted by Gasteiger charge is -2.64. The lowest BCUT2D eigenvalue weighted by atomic mass is 9.43. The van der Waals surface area contributed by atoms with Crippen molar-refractivity contribution in [3.8, 4) is 11.8 Å². The van der Waals surface area contributed by atoms with Gasteiger partial charge in [-0.3, -0.25) is 0 Å². The fourth-order valence-corrected chi connectivity index (χ4v) is 7.27. The molecule has 3 atom stereocenters. The van der Waals surface area contributed by atoms with Crippen LogP contribution in [0.3, 0.4) is 0 Å². The van der Waals surface area contributed by atoms with Crippen molar-refractivity contribution in [1.82, 2.24) is 0 Å². The molecule has 1 spiro atoms. The standard InChI is InChI=1S/C27H34O2/c1-24(2)22-13-16-26(15-12-21-9-5-4-6-10-21)14-8-7-11-23(26)25(22,3)17-18-27(24)28-19-20-29-27/h4-6,9-11,22H,7-8,13-14,16-20H2,1-3H3/t22-,25-,26-/m0/s1. The number of rotatable bonds is 0. The van der Waals surface area contributed by atoms with Gasteiger partial charge in [0.1, 0.15) is 0 Å². The van der Waals surface area contributed by atoms with E-state index in [0.29, 0.717) is 5.92 Å². The molecule has 0 unspecified atom stereocenters. The number of hydrogen-bond donors (Lipinski definition) is 0. The van der Waals surface area contributed by atoms with Crippen LogP contribution in [0.15, 0.2) is 42.0 Å². The monoisotopic (exact) mass is 390 g/mol. The van der Waals surface area contributed by atoms with E-state index >= 15 is 0 Å². The zero-order valence-corrected chi connectivity index (χ0v) is 18.2. The Labute approximate surface area is 176 Å². The molecule has 29 heavy (non-hydrogen) atoms. The third-order valence-corrected chi connectivity index (χ3v) is 8.72. The summed E-state index contributed by atoms with van der Waals surface area (Å²) >= 11 is 0. The third kappa shape index (κ3) is 2.77. The molecule has 0 radical (unpaired) electrons. The maximum Gasteiger partial charge on any atom is 0.173 e. The van der Waals surface area contributed by atoms with E-state index in [1.54, 1.807) is 5.57 Å². The summed E-state index contributed by atoms with van der Waals surface area (Å²) < 4.78 is 12.6. The van der Waals surface area contributed by atoms with Crippen LogP contribution < -0.4 is 0 Å². The molecule has 1 aromatic carbocycles. The second kappa shape index (κ2) is 6.73. The van der Waals surface area contributed by atoms with Gasteiger partial charge in [-0.2, -0.15) is 0 Å². The van der Waals surface area contributed by atoms with E-state index in [0.717, 1.165) is 31.6 Å². The largest absolute Gasteiger partial charge is 0.347 e. The van der Waals surface area contributed by atoms with E-state index in [1.165, 1.54) is 32.1 Å². The summed E-state index contributed by atoms with van der Waals surface area (Å²) in [7, 11) is 0. The molecule has 0 bridgehead atoms. The molecule has 154 valence electrons. The summed E-state index contributed by atoms with van der Waals surface area (Å²) in [5.41, 5.74) is 3.02.